The van der Waals surface area contributed by atoms with Crippen molar-refractivity contribution in [1.29, 1.82) is 5.26 Å². The summed E-state index contributed by atoms with van der Waals surface area (Å²) in [5, 5.41) is 9.51. The number of Topliss-reactive ketones (excluding diaryl/α,β-unsaturated/α-hetero) is 1. The molecule has 0 unspecified atom stereocenters. The highest BCUT2D eigenvalue weighted by Crippen LogP contribution is 2.34. The minimum absolute atomic E-state index is 0.163. The first-order valence-corrected chi connectivity index (χ1v) is 7.37. The van der Waals surface area contributed by atoms with Gasteiger partial charge in [-0.2, -0.15) is 5.26 Å². The van der Waals surface area contributed by atoms with E-state index < -0.39 is 0 Å². The third-order valence-corrected chi connectivity index (χ3v) is 4.16. The van der Waals surface area contributed by atoms with Crippen molar-refractivity contribution in [3.05, 3.63) is 62.0 Å². The Kier molecular flexibility index (Phi) is 5.24. The van der Waals surface area contributed by atoms with E-state index in [-0.39, 0.29) is 12.4 Å². The minimum atomic E-state index is -0.213. The molecule has 0 saturated carbocycles. The average molecular weight is 385 g/mol. The molecule has 0 amide bonds. The van der Waals surface area contributed by atoms with Gasteiger partial charge in [0.25, 0.3) is 0 Å². The van der Waals surface area contributed by atoms with Crippen LogP contribution in [0.4, 0.5) is 0 Å². The molecule has 0 radical (unpaired) electrons. The van der Waals surface area contributed by atoms with Crippen LogP contribution in [0.15, 0.2) is 40.9 Å². The lowest BCUT2D eigenvalue weighted by Crippen LogP contribution is -2.11. The summed E-state index contributed by atoms with van der Waals surface area (Å²) in [6.45, 7) is -0.163. The number of nitriles is 1. The van der Waals surface area contributed by atoms with Gasteiger partial charge in [0, 0.05) is 16.1 Å². The Balaban J connectivity index is 2.07. The Morgan fingerprint density at radius 1 is 1.19 bits per heavy atom. The molecule has 0 spiro atoms. The highest BCUT2D eigenvalue weighted by molar-refractivity contribution is 9.10. The Hall–Kier alpha value is -1.54. The van der Waals surface area contributed by atoms with E-state index in [4.69, 9.17) is 33.2 Å². The SMILES string of the molecule is N#Cc1ccc(C(=O)COc2cc(Cl)c(Br)cc2Cl)cc1. The van der Waals surface area contributed by atoms with Crippen LogP contribution in [0.2, 0.25) is 10.0 Å². The number of rotatable bonds is 4. The van der Waals surface area contributed by atoms with Gasteiger partial charge >= 0.3 is 0 Å². The van der Waals surface area contributed by atoms with Gasteiger partial charge in [-0.25, -0.2) is 0 Å². The van der Waals surface area contributed by atoms with Gasteiger partial charge in [0.2, 0.25) is 0 Å². The van der Waals surface area contributed by atoms with E-state index in [1.807, 2.05) is 6.07 Å². The monoisotopic (exact) mass is 383 g/mol. The van der Waals surface area contributed by atoms with Crippen LogP contribution < -0.4 is 4.74 Å². The van der Waals surface area contributed by atoms with Crippen molar-refractivity contribution in [3.63, 3.8) is 0 Å². The zero-order chi connectivity index (χ0) is 15.4. The standard InChI is InChI=1S/C15H8BrCl2NO2/c16-11-5-13(18)15(6-12(11)17)21-8-14(20)10-3-1-9(7-19)2-4-10/h1-6H,8H2. The summed E-state index contributed by atoms with van der Waals surface area (Å²) in [6, 6.07) is 11.5. The first kappa shape index (κ1) is 15.8. The minimum Gasteiger partial charge on any atom is -0.484 e. The van der Waals surface area contributed by atoms with Crippen molar-refractivity contribution < 1.29 is 9.53 Å². The molecule has 2 rings (SSSR count). The van der Waals surface area contributed by atoms with E-state index in [0.717, 1.165) is 0 Å². The number of halogens is 3. The molecule has 0 fully saturated rings. The lowest BCUT2D eigenvalue weighted by atomic mass is 10.1. The van der Waals surface area contributed by atoms with Crippen LogP contribution in [-0.4, -0.2) is 12.4 Å². The maximum atomic E-state index is 12.0. The topological polar surface area (TPSA) is 50.1 Å². The Bertz CT molecular complexity index is 724. The van der Waals surface area contributed by atoms with E-state index in [0.29, 0.717) is 31.4 Å². The zero-order valence-corrected chi connectivity index (χ0v) is 13.7. The van der Waals surface area contributed by atoms with Gasteiger partial charge in [0.05, 0.1) is 21.7 Å². The molecule has 0 N–H and O–H groups in total. The van der Waals surface area contributed by atoms with Gasteiger partial charge in [-0.3, -0.25) is 4.79 Å². The lowest BCUT2D eigenvalue weighted by Gasteiger charge is -2.09. The summed E-state index contributed by atoms with van der Waals surface area (Å²) < 4.78 is 6.05. The summed E-state index contributed by atoms with van der Waals surface area (Å²) in [5.74, 6) is 0.126. The van der Waals surface area contributed by atoms with E-state index in [1.165, 1.54) is 0 Å². The Morgan fingerprint density at radius 2 is 1.86 bits per heavy atom. The van der Waals surface area contributed by atoms with E-state index in [1.54, 1.807) is 36.4 Å². The van der Waals surface area contributed by atoms with Gasteiger partial charge in [0.15, 0.2) is 12.4 Å². The predicted octanol–water partition coefficient (Wildman–Crippen LogP) is 4.89. The van der Waals surface area contributed by atoms with Crippen molar-refractivity contribution >= 4 is 44.9 Å². The van der Waals surface area contributed by atoms with Crippen LogP contribution in [-0.2, 0) is 0 Å². The maximum Gasteiger partial charge on any atom is 0.200 e. The highest BCUT2D eigenvalue weighted by atomic mass is 79.9. The molecule has 6 heteroatoms. The lowest BCUT2D eigenvalue weighted by molar-refractivity contribution is 0.0921. The summed E-state index contributed by atoms with van der Waals surface area (Å²) in [7, 11) is 0. The van der Waals surface area contributed by atoms with Gasteiger partial charge in [-0.15, -0.1) is 0 Å². The molecule has 3 nitrogen and oxygen atoms in total. The fourth-order valence-electron chi connectivity index (χ4n) is 1.57. The largest absolute Gasteiger partial charge is 0.484 e. The van der Waals surface area contributed by atoms with Gasteiger partial charge in [-0.1, -0.05) is 23.2 Å². The van der Waals surface area contributed by atoms with Crippen LogP contribution in [0, 0.1) is 11.3 Å². The van der Waals surface area contributed by atoms with Gasteiger partial charge in [0.1, 0.15) is 5.75 Å². The molecule has 2 aromatic rings. The van der Waals surface area contributed by atoms with E-state index in [2.05, 4.69) is 15.9 Å². The van der Waals surface area contributed by atoms with E-state index >= 15 is 0 Å². The van der Waals surface area contributed by atoms with Crippen LogP contribution in [0.3, 0.4) is 0 Å². The summed E-state index contributed by atoms with van der Waals surface area (Å²) in [6.07, 6.45) is 0. The molecule has 0 aliphatic heterocycles. The Labute approximate surface area is 140 Å². The first-order chi connectivity index (χ1) is 10.0. The summed E-state index contributed by atoms with van der Waals surface area (Å²) in [5.41, 5.74) is 0.962. The molecular formula is C15H8BrCl2NO2. The van der Waals surface area contributed by atoms with Crippen molar-refractivity contribution in [2.24, 2.45) is 0 Å². The molecule has 21 heavy (non-hydrogen) atoms. The molecule has 0 heterocycles. The zero-order valence-electron chi connectivity index (χ0n) is 10.6. The van der Waals surface area contributed by atoms with Crippen molar-refractivity contribution in [3.8, 4) is 11.8 Å². The quantitative estimate of drug-likeness (QED) is 0.557. The molecule has 0 aromatic heterocycles. The molecule has 0 aliphatic rings. The second kappa shape index (κ2) is 6.95. The Morgan fingerprint density at radius 3 is 2.48 bits per heavy atom. The molecule has 106 valence electrons. The third-order valence-electron chi connectivity index (χ3n) is 2.67. The molecule has 0 saturated heterocycles. The van der Waals surface area contributed by atoms with Crippen LogP contribution in [0.1, 0.15) is 15.9 Å². The fraction of sp³-hybridized carbons (Fsp3) is 0.0667. The number of carbonyl (C=O) groups excluding carboxylic acids is 1. The first-order valence-electron chi connectivity index (χ1n) is 5.82. The normalized spacial score (nSPS) is 10.0. The number of hydrogen-bond donors (Lipinski definition) is 0. The second-order valence-corrected chi connectivity index (χ2v) is 5.77. The highest BCUT2D eigenvalue weighted by Gasteiger charge is 2.11. The van der Waals surface area contributed by atoms with Gasteiger partial charge in [-0.05, 0) is 46.3 Å². The van der Waals surface area contributed by atoms with Crippen molar-refractivity contribution in [2.45, 2.75) is 0 Å². The molecule has 0 bridgehead atoms. The maximum absolute atomic E-state index is 12.0. The molecule has 0 atom stereocenters. The van der Waals surface area contributed by atoms with E-state index in [9.17, 15) is 4.79 Å². The molecule has 0 aliphatic carbocycles. The van der Waals surface area contributed by atoms with Gasteiger partial charge < -0.3 is 4.74 Å². The molecular weight excluding hydrogens is 377 g/mol. The fourth-order valence-corrected chi connectivity index (χ4v) is 2.42. The third kappa shape index (κ3) is 3.98. The second-order valence-electron chi connectivity index (χ2n) is 4.10. The summed E-state index contributed by atoms with van der Waals surface area (Å²) in [4.78, 5) is 12.0. The van der Waals surface area contributed by atoms with Crippen molar-refractivity contribution in [2.75, 3.05) is 6.61 Å². The number of ether oxygens (including phenoxy) is 1. The number of ketones is 1. The number of nitrogens with zero attached hydrogens (tertiary/aromatic N) is 1. The predicted molar refractivity (Wildman–Crippen MR) is 85.1 cm³/mol. The number of hydrogen-bond acceptors (Lipinski definition) is 3. The molecule has 2 aromatic carbocycles. The van der Waals surface area contributed by atoms with Crippen LogP contribution in [0.25, 0.3) is 0 Å². The smallest absolute Gasteiger partial charge is 0.200 e. The summed E-state index contributed by atoms with van der Waals surface area (Å²) >= 11 is 15.2. The average Bonchev–Trinajstić information content (AvgIpc) is 2.49. The number of carbonyl (C=O) groups is 1. The van der Waals surface area contributed by atoms with Crippen LogP contribution >= 0.6 is 39.1 Å². The van der Waals surface area contributed by atoms with Crippen LogP contribution in [0.5, 0.6) is 5.75 Å². The number of benzene rings is 2. The van der Waals surface area contributed by atoms with Crippen molar-refractivity contribution in [1.82, 2.24) is 0 Å².